The van der Waals surface area contributed by atoms with Gasteiger partial charge in [0.1, 0.15) is 17.6 Å². The van der Waals surface area contributed by atoms with Gasteiger partial charge >= 0.3 is 0 Å². The Morgan fingerprint density at radius 1 is 1.61 bits per heavy atom. The molecule has 2 radical (unpaired) electrons. The van der Waals surface area contributed by atoms with Gasteiger partial charge in [-0.05, 0) is 6.07 Å². The van der Waals surface area contributed by atoms with E-state index in [1.165, 1.54) is 0 Å². The Morgan fingerprint density at radius 3 is 2.67 bits per heavy atom. The summed E-state index contributed by atoms with van der Waals surface area (Å²) in [7, 11) is 4.78. The highest BCUT2D eigenvalue weighted by Gasteiger charge is 2.23. The van der Waals surface area contributed by atoms with Crippen molar-refractivity contribution in [1.29, 1.82) is 5.26 Å². The minimum Gasteiger partial charge on any atom is -0.448 e. The number of ketones is 1. The number of alkyl halides is 1. The van der Waals surface area contributed by atoms with Gasteiger partial charge in [0.15, 0.2) is 5.78 Å². The van der Waals surface area contributed by atoms with Crippen LogP contribution in [0.15, 0.2) is 12.1 Å². The molecule has 0 aliphatic heterocycles. The first-order valence-corrected chi connectivity index (χ1v) is 5.66. The summed E-state index contributed by atoms with van der Waals surface area (Å²) in [5, 5.41) is 26.3. The Bertz CT molecular complexity index is 524. The summed E-state index contributed by atoms with van der Waals surface area (Å²) in [6, 6.07) is 3.18. The molecule has 0 saturated carbocycles. The molecule has 1 aromatic rings. The predicted molar refractivity (Wildman–Crippen MR) is 62.8 cm³/mol. The van der Waals surface area contributed by atoms with Crippen molar-refractivity contribution in [3.63, 3.8) is 0 Å². The van der Waals surface area contributed by atoms with E-state index in [-0.39, 0.29) is 16.5 Å². The normalized spacial score (nSPS) is 10.8. The molecule has 0 aliphatic rings. The Hall–Kier alpha value is -1.43. The van der Waals surface area contributed by atoms with E-state index in [1.807, 2.05) is 0 Å². The zero-order valence-electron chi connectivity index (χ0n) is 8.85. The number of nitrogens with zero attached hydrogens (tertiary/aromatic N) is 1. The molecule has 1 aromatic carbocycles. The number of nitriles is 1. The Labute approximate surface area is 111 Å². The number of carbonyl (C=O) groups is 1. The molecule has 18 heavy (non-hydrogen) atoms. The number of hydrogen-bond donors (Lipinski definition) is 2. The minimum absolute atomic E-state index is 0.117. The molecule has 0 spiro atoms. The molecule has 2 N–H and O–H groups in total. The standard InChI is InChI=1S/C10H6BBrFNO4/c11-10(16,17)18-9-2-7(13)5(4-14)1-6(9)8(15)3-12/h1-2,16-17H,3H2. The van der Waals surface area contributed by atoms with Gasteiger partial charge in [-0.25, -0.2) is 4.39 Å². The molecular formula is C10H6BBrFNO4. The lowest BCUT2D eigenvalue weighted by atomic mass is 10.0. The highest BCUT2D eigenvalue weighted by atomic mass is 79.9. The summed E-state index contributed by atoms with van der Waals surface area (Å²) in [6.07, 6.45) is 0. The van der Waals surface area contributed by atoms with E-state index in [1.54, 1.807) is 6.07 Å². The third-order valence-corrected chi connectivity index (χ3v) is 2.38. The molecule has 92 valence electrons. The molecule has 0 amide bonds. The third-order valence-electron chi connectivity index (χ3n) is 1.87. The second kappa shape index (κ2) is 5.48. The fourth-order valence-corrected chi connectivity index (χ4v) is 1.48. The summed E-state index contributed by atoms with van der Waals surface area (Å²) in [6.45, 7) is 0. The van der Waals surface area contributed by atoms with E-state index in [0.717, 1.165) is 6.07 Å². The quantitative estimate of drug-likeness (QED) is 0.364. The molecule has 0 atom stereocenters. The van der Waals surface area contributed by atoms with Gasteiger partial charge in [0.05, 0.1) is 16.5 Å². The van der Waals surface area contributed by atoms with Gasteiger partial charge in [0.2, 0.25) is 7.85 Å². The van der Waals surface area contributed by atoms with Crippen LogP contribution in [0.1, 0.15) is 15.9 Å². The first-order chi connectivity index (χ1) is 8.28. The summed E-state index contributed by atoms with van der Waals surface area (Å²) in [5.41, 5.74) is -0.562. The number of rotatable bonds is 4. The lowest BCUT2D eigenvalue weighted by molar-refractivity contribution is -0.223. The first-order valence-electron chi connectivity index (χ1n) is 4.54. The van der Waals surface area contributed by atoms with Crippen LogP contribution in [-0.4, -0.2) is 35.0 Å². The number of carbonyl (C=O) groups excluding carboxylic acids is 1. The topological polar surface area (TPSA) is 90.5 Å². The molecule has 0 aliphatic carbocycles. The summed E-state index contributed by atoms with van der Waals surface area (Å²) < 4.78 is 17.8. The highest BCUT2D eigenvalue weighted by molar-refractivity contribution is 9.09. The maximum atomic E-state index is 13.3. The molecular weight excluding hydrogens is 308 g/mol. The van der Waals surface area contributed by atoms with Gasteiger partial charge in [0.25, 0.3) is 5.87 Å². The molecule has 0 heterocycles. The predicted octanol–water partition coefficient (Wildman–Crippen LogP) is 0.418. The van der Waals surface area contributed by atoms with Gasteiger partial charge in [-0.15, -0.1) is 0 Å². The van der Waals surface area contributed by atoms with Gasteiger partial charge < -0.3 is 14.9 Å². The van der Waals surface area contributed by atoms with Crippen molar-refractivity contribution in [2.24, 2.45) is 0 Å². The number of ether oxygens (including phenoxy) is 1. The van der Waals surface area contributed by atoms with Gasteiger partial charge in [-0.1, -0.05) is 15.9 Å². The van der Waals surface area contributed by atoms with E-state index < -0.39 is 23.2 Å². The average Bonchev–Trinajstić information content (AvgIpc) is 2.26. The second-order valence-corrected chi connectivity index (χ2v) is 3.82. The maximum Gasteiger partial charge on any atom is 0.259 e. The Kier molecular flexibility index (Phi) is 4.45. The SMILES string of the molecule is [B]C(O)(O)Oc1cc(F)c(C#N)cc1C(=O)CBr. The maximum absolute atomic E-state index is 13.3. The van der Waals surface area contributed by atoms with Crippen molar-refractivity contribution < 1.29 is 24.1 Å². The van der Waals surface area contributed by atoms with Crippen LogP contribution in [0.4, 0.5) is 4.39 Å². The van der Waals surface area contributed by atoms with Crippen LogP contribution in [0.3, 0.4) is 0 Å². The highest BCUT2D eigenvalue weighted by Crippen LogP contribution is 2.25. The first kappa shape index (κ1) is 14.6. The third kappa shape index (κ3) is 3.53. The smallest absolute Gasteiger partial charge is 0.259 e. The van der Waals surface area contributed by atoms with Crippen LogP contribution in [0, 0.1) is 17.1 Å². The Morgan fingerprint density at radius 2 is 2.22 bits per heavy atom. The van der Waals surface area contributed by atoms with Gasteiger partial charge in [-0.3, -0.25) is 4.79 Å². The number of halogens is 2. The van der Waals surface area contributed by atoms with E-state index in [4.69, 9.17) is 23.3 Å². The molecule has 0 unspecified atom stereocenters. The van der Waals surface area contributed by atoms with Crippen LogP contribution in [-0.2, 0) is 0 Å². The molecule has 0 aromatic heterocycles. The lowest BCUT2D eigenvalue weighted by Crippen LogP contribution is -2.36. The summed E-state index contributed by atoms with van der Waals surface area (Å²) >= 11 is 2.89. The van der Waals surface area contributed by atoms with Crippen LogP contribution >= 0.6 is 15.9 Å². The van der Waals surface area contributed by atoms with E-state index in [9.17, 15) is 9.18 Å². The monoisotopic (exact) mass is 313 g/mol. The number of benzene rings is 1. The number of Topliss-reactive ketones (excluding diaryl/α,β-unsaturated/α-hetero) is 1. The number of hydrogen-bond acceptors (Lipinski definition) is 5. The van der Waals surface area contributed by atoms with Crippen LogP contribution in [0.25, 0.3) is 0 Å². The molecule has 0 saturated heterocycles. The molecule has 1 rings (SSSR count). The number of aliphatic hydroxyl groups is 2. The lowest BCUT2D eigenvalue weighted by Gasteiger charge is -2.20. The Balaban J connectivity index is 3.35. The fraction of sp³-hybridized carbons (Fsp3) is 0.200. The van der Waals surface area contributed by atoms with Crippen LogP contribution in [0.2, 0.25) is 0 Å². The van der Waals surface area contributed by atoms with Crippen molar-refractivity contribution in [3.8, 4) is 11.8 Å². The average molecular weight is 314 g/mol. The van der Waals surface area contributed by atoms with Crippen molar-refractivity contribution in [3.05, 3.63) is 29.1 Å². The van der Waals surface area contributed by atoms with Crippen LogP contribution < -0.4 is 4.74 Å². The molecule has 5 nitrogen and oxygen atoms in total. The fourth-order valence-electron chi connectivity index (χ4n) is 1.18. The van der Waals surface area contributed by atoms with Crippen molar-refractivity contribution in [2.45, 2.75) is 5.87 Å². The summed E-state index contributed by atoms with van der Waals surface area (Å²) in [4.78, 5) is 11.5. The summed E-state index contributed by atoms with van der Waals surface area (Å²) in [5.74, 6) is -5.03. The molecule has 0 bridgehead atoms. The van der Waals surface area contributed by atoms with Crippen molar-refractivity contribution in [1.82, 2.24) is 0 Å². The van der Waals surface area contributed by atoms with Crippen LogP contribution in [0.5, 0.6) is 5.75 Å². The van der Waals surface area contributed by atoms with E-state index in [0.29, 0.717) is 6.07 Å². The zero-order valence-corrected chi connectivity index (χ0v) is 10.4. The van der Waals surface area contributed by atoms with E-state index >= 15 is 0 Å². The van der Waals surface area contributed by atoms with Crippen molar-refractivity contribution in [2.75, 3.05) is 5.33 Å². The zero-order chi connectivity index (χ0) is 13.9. The van der Waals surface area contributed by atoms with E-state index in [2.05, 4.69) is 20.7 Å². The minimum atomic E-state index is -3.05. The second-order valence-electron chi connectivity index (χ2n) is 3.26. The van der Waals surface area contributed by atoms with Crippen molar-refractivity contribution >= 4 is 29.6 Å². The molecule has 0 fully saturated rings. The molecule has 8 heteroatoms. The van der Waals surface area contributed by atoms with Gasteiger partial charge in [-0.2, -0.15) is 5.26 Å². The van der Waals surface area contributed by atoms with Gasteiger partial charge in [0, 0.05) is 6.07 Å². The largest absolute Gasteiger partial charge is 0.448 e.